The highest BCUT2D eigenvalue weighted by Crippen LogP contribution is 2.15. The predicted octanol–water partition coefficient (Wildman–Crippen LogP) is 4.78. The van der Waals surface area contributed by atoms with Crippen molar-refractivity contribution in [1.29, 1.82) is 0 Å². The fourth-order valence-electron chi connectivity index (χ4n) is 1.06. The van der Waals surface area contributed by atoms with Gasteiger partial charge in [-0.25, -0.2) is 0 Å². The van der Waals surface area contributed by atoms with Gasteiger partial charge in [-0.05, 0) is 46.4 Å². The first-order chi connectivity index (χ1) is 7.13. The van der Waals surface area contributed by atoms with E-state index in [0.717, 1.165) is 10.5 Å². The van der Waals surface area contributed by atoms with E-state index in [2.05, 4.69) is 63.0 Å². The van der Waals surface area contributed by atoms with E-state index in [1.807, 2.05) is 0 Å². The average molecular weight is 267 g/mol. The van der Waals surface area contributed by atoms with Crippen molar-refractivity contribution in [2.75, 3.05) is 23.0 Å². The monoisotopic (exact) mass is 266 g/mol. The fraction of sp³-hybridized carbons (Fsp3) is 1.00. The Morgan fingerprint density at radius 3 is 1.40 bits per heavy atom. The summed E-state index contributed by atoms with van der Waals surface area (Å²) in [6, 6.07) is 0. The quantitative estimate of drug-likeness (QED) is 0.522. The van der Waals surface area contributed by atoms with Gasteiger partial charge >= 0.3 is 0 Å². The molecule has 0 aliphatic carbocycles. The Bertz CT molecular complexity index is 110. The van der Waals surface area contributed by atoms with Gasteiger partial charge in [0, 0.05) is 0 Å². The first-order valence-electron chi connectivity index (χ1n) is 5.94. The zero-order valence-electron chi connectivity index (χ0n) is 10.6. The van der Waals surface area contributed by atoms with Gasteiger partial charge in [-0.3, -0.25) is 0 Å². The van der Waals surface area contributed by atoms with Crippen LogP contribution in [0.5, 0.6) is 0 Å². The minimum atomic E-state index is 0.803. The molecule has 0 aromatic carbocycles. The third-order valence-electron chi connectivity index (χ3n) is 1.77. The molecule has 15 heavy (non-hydrogen) atoms. The standard InChI is InChI=1S/C12H26S3/c1-11(2)14-9-5-7-13-8-6-10-15-12(3)4/h11-12H,5-10H2,1-4H3. The molecule has 0 aliphatic rings. The van der Waals surface area contributed by atoms with Crippen molar-refractivity contribution in [3.63, 3.8) is 0 Å². The van der Waals surface area contributed by atoms with Crippen molar-refractivity contribution in [3.8, 4) is 0 Å². The fourth-order valence-corrected chi connectivity index (χ4v) is 3.89. The van der Waals surface area contributed by atoms with E-state index in [0.29, 0.717) is 0 Å². The molecule has 92 valence electrons. The second-order valence-electron chi connectivity index (χ2n) is 4.16. The normalized spacial score (nSPS) is 11.6. The van der Waals surface area contributed by atoms with Crippen molar-refractivity contribution < 1.29 is 0 Å². The number of hydrogen-bond acceptors (Lipinski definition) is 3. The van der Waals surface area contributed by atoms with Crippen molar-refractivity contribution in [2.24, 2.45) is 0 Å². The van der Waals surface area contributed by atoms with Crippen LogP contribution in [0.3, 0.4) is 0 Å². The van der Waals surface area contributed by atoms with Crippen molar-refractivity contribution in [1.82, 2.24) is 0 Å². The third-order valence-corrected chi connectivity index (χ3v) is 5.31. The van der Waals surface area contributed by atoms with E-state index < -0.39 is 0 Å². The average Bonchev–Trinajstić information content (AvgIpc) is 2.14. The molecule has 0 aromatic rings. The molecule has 3 heteroatoms. The zero-order chi connectivity index (χ0) is 11.5. The predicted molar refractivity (Wildman–Crippen MR) is 81.7 cm³/mol. The van der Waals surface area contributed by atoms with Crippen LogP contribution in [-0.4, -0.2) is 33.5 Å². The molecule has 0 heterocycles. The van der Waals surface area contributed by atoms with Gasteiger partial charge in [0.05, 0.1) is 0 Å². The molecule has 0 atom stereocenters. The summed E-state index contributed by atoms with van der Waals surface area (Å²) in [6.07, 6.45) is 2.76. The third kappa shape index (κ3) is 15.1. The summed E-state index contributed by atoms with van der Waals surface area (Å²) in [5.41, 5.74) is 0. The van der Waals surface area contributed by atoms with Gasteiger partial charge in [0.2, 0.25) is 0 Å². The lowest BCUT2D eigenvalue weighted by Gasteiger charge is -2.05. The SMILES string of the molecule is CC(C)SCCCSCCCSC(C)C. The van der Waals surface area contributed by atoms with Crippen LogP contribution in [0.2, 0.25) is 0 Å². The van der Waals surface area contributed by atoms with Gasteiger partial charge in [-0.2, -0.15) is 35.3 Å². The Morgan fingerprint density at radius 2 is 1.07 bits per heavy atom. The molecule has 0 spiro atoms. The molecule has 0 nitrogen and oxygen atoms in total. The number of thioether (sulfide) groups is 3. The first-order valence-corrected chi connectivity index (χ1v) is 9.19. The van der Waals surface area contributed by atoms with Crippen LogP contribution in [0.4, 0.5) is 0 Å². The largest absolute Gasteiger partial charge is 0.162 e. The molecule has 0 saturated heterocycles. The summed E-state index contributed by atoms with van der Waals surface area (Å²) >= 11 is 6.30. The van der Waals surface area contributed by atoms with Crippen molar-refractivity contribution >= 4 is 35.3 Å². The second-order valence-corrected chi connectivity index (χ2v) is 8.75. The van der Waals surface area contributed by atoms with E-state index in [-0.39, 0.29) is 0 Å². The number of rotatable bonds is 10. The van der Waals surface area contributed by atoms with Crippen LogP contribution < -0.4 is 0 Å². The summed E-state index contributed by atoms with van der Waals surface area (Å²) in [5.74, 6) is 5.38. The summed E-state index contributed by atoms with van der Waals surface area (Å²) < 4.78 is 0. The summed E-state index contributed by atoms with van der Waals surface area (Å²) in [5, 5.41) is 1.61. The molecular weight excluding hydrogens is 240 g/mol. The highest BCUT2D eigenvalue weighted by atomic mass is 32.2. The van der Waals surface area contributed by atoms with Crippen molar-refractivity contribution in [3.05, 3.63) is 0 Å². The van der Waals surface area contributed by atoms with Gasteiger partial charge < -0.3 is 0 Å². The maximum absolute atomic E-state index is 2.28. The lowest BCUT2D eigenvalue weighted by Crippen LogP contribution is -1.94. The highest BCUT2D eigenvalue weighted by Gasteiger charge is 1.96. The maximum Gasteiger partial charge on any atom is -0.000968 e. The Kier molecular flexibility index (Phi) is 12.3. The Hall–Kier alpha value is 1.05. The van der Waals surface area contributed by atoms with Crippen molar-refractivity contribution in [2.45, 2.75) is 51.0 Å². The van der Waals surface area contributed by atoms with Gasteiger partial charge in [0.25, 0.3) is 0 Å². The zero-order valence-corrected chi connectivity index (χ0v) is 13.1. The van der Waals surface area contributed by atoms with E-state index in [9.17, 15) is 0 Å². The summed E-state index contributed by atoms with van der Waals surface area (Å²) in [7, 11) is 0. The number of hydrogen-bond donors (Lipinski definition) is 0. The van der Waals surface area contributed by atoms with E-state index >= 15 is 0 Å². The molecule has 0 amide bonds. The van der Waals surface area contributed by atoms with Crippen LogP contribution in [0, 0.1) is 0 Å². The van der Waals surface area contributed by atoms with Crippen LogP contribution in [0.25, 0.3) is 0 Å². The minimum absolute atomic E-state index is 0.803. The van der Waals surface area contributed by atoms with Crippen LogP contribution in [0.15, 0.2) is 0 Å². The first kappa shape index (κ1) is 16.1. The Labute approximate surface area is 109 Å². The molecule has 0 fully saturated rings. The molecule has 0 radical (unpaired) electrons. The molecule has 0 saturated carbocycles. The van der Waals surface area contributed by atoms with Crippen LogP contribution >= 0.6 is 35.3 Å². The van der Waals surface area contributed by atoms with E-state index in [4.69, 9.17) is 0 Å². The minimum Gasteiger partial charge on any atom is -0.162 e. The Balaban J connectivity index is 2.93. The molecule has 0 aliphatic heterocycles. The summed E-state index contributed by atoms with van der Waals surface area (Å²) in [6.45, 7) is 9.11. The molecule has 0 rings (SSSR count). The molecule has 0 aromatic heterocycles. The lowest BCUT2D eigenvalue weighted by atomic mass is 10.6. The van der Waals surface area contributed by atoms with Gasteiger partial charge in [-0.1, -0.05) is 27.7 Å². The van der Waals surface area contributed by atoms with Gasteiger partial charge in [0.1, 0.15) is 0 Å². The molecule has 0 unspecified atom stereocenters. The maximum atomic E-state index is 2.28. The van der Waals surface area contributed by atoms with Crippen LogP contribution in [0.1, 0.15) is 40.5 Å². The van der Waals surface area contributed by atoms with Gasteiger partial charge in [0.15, 0.2) is 0 Å². The van der Waals surface area contributed by atoms with E-state index in [1.165, 1.54) is 35.9 Å². The topological polar surface area (TPSA) is 0 Å². The molecular formula is C12H26S3. The summed E-state index contributed by atoms with van der Waals surface area (Å²) in [4.78, 5) is 0. The van der Waals surface area contributed by atoms with Crippen LogP contribution in [-0.2, 0) is 0 Å². The molecule has 0 bridgehead atoms. The lowest BCUT2D eigenvalue weighted by molar-refractivity contribution is 1.06. The van der Waals surface area contributed by atoms with E-state index in [1.54, 1.807) is 0 Å². The Morgan fingerprint density at radius 1 is 0.667 bits per heavy atom. The highest BCUT2D eigenvalue weighted by molar-refractivity contribution is 8.00. The smallest absolute Gasteiger partial charge is 0.000968 e. The second kappa shape index (κ2) is 11.5. The molecule has 0 N–H and O–H groups in total. The van der Waals surface area contributed by atoms with Gasteiger partial charge in [-0.15, -0.1) is 0 Å².